The van der Waals surface area contributed by atoms with E-state index < -0.39 is 47.8 Å². The van der Waals surface area contributed by atoms with Crippen molar-refractivity contribution in [3.8, 4) is 0 Å². The zero-order valence-electron chi connectivity index (χ0n) is 23.5. The van der Waals surface area contributed by atoms with Gasteiger partial charge in [0.15, 0.2) is 0 Å². The summed E-state index contributed by atoms with van der Waals surface area (Å²) in [4.78, 5) is 4.47. The zero-order valence-corrected chi connectivity index (χ0v) is 23.5. The van der Waals surface area contributed by atoms with E-state index in [9.17, 15) is 39.5 Å². The molecule has 1 saturated carbocycles. The first-order valence-corrected chi connectivity index (χ1v) is 13.7. The van der Waals surface area contributed by atoms with Crippen molar-refractivity contribution >= 4 is 11.6 Å². The van der Waals surface area contributed by atoms with Crippen molar-refractivity contribution in [1.82, 2.24) is 20.2 Å². The highest BCUT2D eigenvalue weighted by Crippen LogP contribution is 2.47. The SMILES string of the molecule is Cc1cc2c(c(C)c1C(F)(F)F)N(CC1CC1)CCC[C@@H]2N(Cc1cc(C(F)(F)F)cc(C(F)(F)F)c1)c1nnn(C)n1. The molecule has 1 aliphatic heterocycles. The topological polar surface area (TPSA) is 50.1 Å². The van der Waals surface area contributed by atoms with E-state index in [-0.39, 0.29) is 28.7 Å². The van der Waals surface area contributed by atoms with Gasteiger partial charge in [-0.15, -0.1) is 5.10 Å². The molecule has 1 fully saturated rings. The fourth-order valence-electron chi connectivity index (χ4n) is 5.99. The van der Waals surface area contributed by atoms with E-state index in [1.165, 1.54) is 31.9 Å². The highest BCUT2D eigenvalue weighted by atomic mass is 19.4. The fourth-order valence-corrected chi connectivity index (χ4v) is 5.99. The Morgan fingerprint density at radius 2 is 1.49 bits per heavy atom. The second-order valence-corrected chi connectivity index (χ2v) is 11.3. The van der Waals surface area contributed by atoms with Gasteiger partial charge in [0, 0.05) is 25.3 Å². The normalized spacial score (nSPS) is 18.0. The maximum absolute atomic E-state index is 14.2. The third-order valence-electron chi connectivity index (χ3n) is 7.94. The number of hydrogen-bond acceptors (Lipinski definition) is 5. The van der Waals surface area contributed by atoms with Gasteiger partial charge in [0.2, 0.25) is 0 Å². The molecule has 3 aromatic rings. The van der Waals surface area contributed by atoms with E-state index in [1.54, 1.807) is 0 Å². The smallest absolute Gasteiger partial charge is 0.371 e. The molecular formula is C28H29F9N6. The average Bonchev–Trinajstić information content (AvgIpc) is 3.62. The molecule has 0 saturated heterocycles. The lowest BCUT2D eigenvalue weighted by Gasteiger charge is -2.34. The van der Waals surface area contributed by atoms with E-state index in [0.717, 1.165) is 17.6 Å². The first kappa shape index (κ1) is 30.9. The number of halogens is 9. The maximum atomic E-state index is 14.2. The molecule has 2 aromatic carbocycles. The number of fused-ring (bicyclic) bond motifs is 1. The number of nitrogens with zero attached hydrogens (tertiary/aromatic N) is 6. The number of aryl methyl sites for hydroxylation is 2. The summed E-state index contributed by atoms with van der Waals surface area (Å²) in [5.74, 6) is 0.262. The quantitative estimate of drug-likeness (QED) is 0.265. The van der Waals surface area contributed by atoms with Gasteiger partial charge in [-0.25, -0.2) is 0 Å². The third kappa shape index (κ3) is 6.54. The zero-order chi connectivity index (χ0) is 31.5. The Hall–Kier alpha value is -3.52. The first-order valence-electron chi connectivity index (χ1n) is 13.7. The van der Waals surface area contributed by atoms with Crippen molar-refractivity contribution in [1.29, 1.82) is 0 Å². The van der Waals surface area contributed by atoms with E-state index >= 15 is 0 Å². The second kappa shape index (κ2) is 10.9. The van der Waals surface area contributed by atoms with Crippen LogP contribution in [0.3, 0.4) is 0 Å². The lowest BCUT2D eigenvalue weighted by Crippen LogP contribution is -2.31. The van der Waals surface area contributed by atoms with Gasteiger partial charge in [-0.05, 0) is 91.1 Å². The molecule has 2 aliphatic rings. The lowest BCUT2D eigenvalue weighted by molar-refractivity contribution is -0.143. The van der Waals surface area contributed by atoms with Crippen LogP contribution >= 0.6 is 0 Å². The summed E-state index contributed by atoms with van der Waals surface area (Å²) in [6, 6.07) is 1.98. The number of aromatic nitrogens is 4. The van der Waals surface area contributed by atoms with Crippen molar-refractivity contribution < 1.29 is 39.5 Å². The number of rotatable bonds is 6. The van der Waals surface area contributed by atoms with Gasteiger partial charge in [0.25, 0.3) is 5.95 Å². The molecule has 1 aromatic heterocycles. The van der Waals surface area contributed by atoms with Gasteiger partial charge in [0.05, 0.1) is 29.8 Å². The van der Waals surface area contributed by atoms with Crippen LogP contribution in [-0.4, -0.2) is 33.3 Å². The predicted molar refractivity (Wildman–Crippen MR) is 139 cm³/mol. The molecule has 1 atom stereocenters. The van der Waals surface area contributed by atoms with E-state index in [0.29, 0.717) is 55.2 Å². The molecule has 15 heteroatoms. The van der Waals surface area contributed by atoms with E-state index in [4.69, 9.17) is 0 Å². The highest BCUT2D eigenvalue weighted by molar-refractivity contribution is 5.67. The molecule has 0 spiro atoms. The van der Waals surface area contributed by atoms with Gasteiger partial charge in [-0.2, -0.15) is 44.3 Å². The Bertz CT molecular complexity index is 1460. The van der Waals surface area contributed by atoms with Gasteiger partial charge >= 0.3 is 18.5 Å². The van der Waals surface area contributed by atoms with Crippen LogP contribution in [0.5, 0.6) is 0 Å². The Kier molecular flexibility index (Phi) is 7.83. The molecule has 234 valence electrons. The number of tetrazole rings is 1. The minimum atomic E-state index is -5.05. The minimum absolute atomic E-state index is 0.0283. The Morgan fingerprint density at radius 3 is 2.00 bits per heavy atom. The Morgan fingerprint density at radius 1 is 0.860 bits per heavy atom. The predicted octanol–water partition coefficient (Wildman–Crippen LogP) is 7.64. The van der Waals surface area contributed by atoms with Crippen LogP contribution in [0.4, 0.5) is 51.1 Å². The fraction of sp³-hybridized carbons (Fsp3) is 0.536. The first-order chi connectivity index (χ1) is 19.9. The highest BCUT2D eigenvalue weighted by Gasteiger charge is 2.41. The van der Waals surface area contributed by atoms with Gasteiger partial charge in [0.1, 0.15) is 0 Å². The average molecular weight is 621 g/mol. The molecule has 0 radical (unpaired) electrons. The van der Waals surface area contributed by atoms with Crippen LogP contribution in [0.15, 0.2) is 24.3 Å². The van der Waals surface area contributed by atoms with E-state index in [1.807, 2.05) is 4.90 Å². The van der Waals surface area contributed by atoms with Crippen LogP contribution in [0.25, 0.3) is 0 Å². The molecule has 0 unspecified atom stereocenters. The van der Waals surface area contributed by atoms with Crippen molar-refractivity contribution in [2.75, 3.05) is 22.9 Å². The molecule has 1 aliphatic carbocycles. The van der Waals surface area contributed by atoms with Gasteiger partial charge in [-0.1, -0.05) is 11.2 Å². The van der Waals surface area contributed by atoms with Crippen LogP contribution in [0.1, 0.15) is 70.7 Å². The van der Waals surface area contributed by atoms with Crippen LogP contribution in [-0.2, 0) is 32.1 Å². The molecule has 0 N–H and O–H groups in total. The number of alkyl halides is 9. The van der Waals surface area contributed by atoms with Crippen molar-refractivity contribution in [3.05, 3.63) is 63.2 Å². The molecule has 0 amide bonds. The third-order valence-corrected chi connectivity index (χ3v) is 7.94. The largest absolute Gasteiger partial charge is 0.416 e. The van der Waals surface area contributed by atoms with Crippen molar-refractivity contribution in [2.45, 2.75) is 70.6 Å². The van der Waals surface area contributed by atoms with Crippen LogP contribution in [0.2, 0.25) is 0 Å². The number of hydrogen-bond donors (Lipinski definition) is 0. The molecular weight excluding hydrogens is 591 g/mol. The standard InChI is InChI=1S/C28H29F9N6/c1-15-9-21-22(5-4-8-42(13-17-6-7-17)24(21)16(2)23(15)28(35,36)37)43(25-38-40-41(3)39-25)14-18-10-19(26(29,30)31)12-20(11-18)27(32,33)34/h9-12,17,22H,4-8,13-14H2,1-3H3/t22-/m0/s1. The molecule has 43 heavy (non-hydrogen) atoms. The molecule has 6 nitrogen and oxygen atoms in total. The molecule has 0 bridgehead atoms. The summed E-state index contributed by atoms with van der Waals surface area (Å²) < 4.78 is 125. The van der Waals surface area contributed by atoms with Crippen LogP contribution < -0.4 is 9.80 Å². The summed E-state index contributed by atoms with van der Waals surface area (Å²) in [7, 11) is 1.45. The molecule has 2 heterocycles. The summed E-state index contributed by atoms with van der Waals surface area (Å²) >= 11 is 0. The Labute approximate surface area is 241 Å². The number of benzene rings is 2. The van der Waals surface area contributed by atoms with Crippen molar-refractivity contribution in [3.63, 3.8) is 0 Å². The van der Waals surface area contributed by atoms with Crippen molar-refractivity contribution in [2.24, 2.45) is 13.0 Å². The van der Waals surface area contributed by atoms with Gasteiger partial charge < -0.3 is 9.80 Å². The number of anilines is 2. The lowest BCUT2D eigenvalue weighted by atomic mass is 9.90. The summed E-state index contributed by atoms with van der Waals surface area (Å²) in [5, 5.41) is 12.0. The summed E-state index contributed by atoms with van der Waals surface area (Å²) in [5.41, 5.74) is -3.16. The van der Waals surface area contributed by atoms with Gasteiger partial charge in [-0.3, -0.25) is 0 Å². The monoisotopic (exact) mass is 620 g/mol. The van der Waals surface area contributed by atoms with E-state index in [2.05, 4.69) is 15.4 Å². The summed E-state index contributed by atoms with van der Waals surface area (Å²) in [6.45, 7) is 3.25. The van der Waals surface area contributed by atoms with Crippen LogP contribution in [0, 0.1) is 19.8 Å². The molecule has 5 rings (SSSR count). The second-order valence-electron chi connectivity index (χ2n) is 11.3. The summed E-state index contributed by atoms with van der Waals surface area (Å²) in [6.07, 6.45) is -12.0. The maximum Gasteiger partial charge on any atom is 0.416 e. The minimum Gasteiger partial charge on any atom is -0.371 e. The Balaban J connectivity index is 1.68.